The van der Waals surface area contributed by atoms with E-state index in [-0.39, 0.29) is 6.10 Å². The minimum Gasteiger partial charge on any atom is -0.489 e. The van der Waals surface area contributed by atoms with E-state index >= 15 is 0 Å². The van der Waals surface area contributed by atoms with Gasteiger partial charge in [0.2, 0.25) is 10.3 Å². The average Bonchev–Trinajstić information content (AvgIpc) is 2.99. The summed E-state index contributed by atoms with van der Waals surface area (Å²) in [4.78, 5) is 2.17. The highest BCUT2D eigenvalue weighted by Crippen LogP contribution is 2.26. The van der Waals surface area contributed by atoms with Crippen molar-refractivity contribution < 1.29 is 4.74 Å². The summed E-state index contributed by atoms with van der Waals surface area (Å²) in [6.07, 6.45) is 1.20. The Morgan fingerprint density at radius 3 is 2.83 bits per heavy atom. The molecule has 6 heteroatoms. The Balaban J connectivity index is 1.62. The molecule has 1 aromatic heterocycles. The summed E-state index contributed by atoms with van der Waals surface area (Å²) in [5, 5.41) is 9.28. The fraction of sp³-hybridized carbons (Fsp3) is 0.333. The average molecular weight is 262 g/mol. The third-order valence-electron chi connectivity index (χ3n) is 2.89. The lowest BCUT2D eigenvalue weighted by Gasteiger charge is -2.15. The van der Waals surface area contributed by atoms with Crippen LogP contribution in [0.4, 0.5) is 10.3 Å². The van der Waals surface area contributed by atoms with Gasteiger partial charge >= 0.3 is 0 Å². The van der Waals surface area contributed by atoms with Crippen LogP contribution in [0, 0.1) is 0 Å². The number of nitrogens with two attached hydrogens (primary N) is 1. The predicted molar refractivity (Wildman–Crippen MR) is 72.0 cm³/mol. The molecular formula is C12H14N4OS. The molecule has 0 unspecified atom stereocenters. The summed E-state index contributed by atoms with van der Waals surface area (Å²) in [5.74, 6) is 0.918. The number of hydrogen-bond donors (Lipinski definition) is 1. The van der Waals surface area contributed by atoms with Gasteiger partial charge in [-0.25, -0.2) is 0 Å². The van der Waals surface area contributed by atoms with E-state index in [1.165, 1.54) is 11.3 Å². The fourth-order valence-electron chi connectivity index (χ4n) is 2.04. The molecule has 1 aliphatic rings. The van der Waals surface area contributed by atoms with Crippen LogP contribution in [-0.2, 0) is 0 Å². The Labute approximate surface area is 109 Å². The number of nitrogens with zero attached hydrogens (tertiary/aromatic N) is 3. The lowest BCUT2D eigenvalue weighted by Crippen LogP contribution is -2.24. The van der Waals surface area contributed by atoms with E-state index in [2.05, 4.69) is 15.1 Å². The summed E-state index contributed by atoms with van der Waals surface area (Å²) >= 11 is 1.42. The van der Waals surface area contributed by atoms with Crippen LogP contribution in [0.15, 0.2) is 30.3 Å². The molecule has 2 aromatic rings. The Morgan fingerprint density at radius 2 is 2.11 bits per heavy atom. The second-order valence-electron chi connectivity index (χ2n) is 4.21. The van der Waals surface area contributed by atoms with Gasteiger partial charge in [0.05, 0.1) is 6.54 Å². The molecule has 0 aliphatic carbocycles. The summed E-state index contributed by atoms with van der Waals surface area (Å²) in [6.45, 7) is 1.77. The summed E-state index contributed by atoms with van der Waals surface area (Å²) < 4.78 is 5.92. The van der Waals surface area contributed by atoms with Crippen LogP contribution < -0.4 is 15.4 Å². The third-order valence-corrected chi connectivity index (χ3v) is 3.70. The van der Waals surface area contributed by atoms with Crippen LogP contribution in [0.3, 0.4) is 0 Å². The predicted octanol–water partition coefficient (Wildman–Crippen LogP) is 1.78. The van der Waals surface area contributed by atoms with E-state index in [1.54, 1.807) is 0 Å². The van der Waals surface area contributed by atoms with Gasteiger partial charge in [0, 0.05) is 13.0 Å². The topological polar surface area (TPSA) is 64.3 Å². The molecule has 1 fully saturated rings. The van der Waals surface area contributed by atoms with Gasteiger partial charge in [0.1, 0.15) is 11.9 Å². The first-order chi connectivity index (χ1) is 8.81. The molecule has 1 aliphatic heterocycles. The maximum absolute atomic E-state index is 5.92. The maximum atomic E-state index is 5.92. The van der Waals surface area contributed by atoms with Crippen molar-refractivity contribution in [3.8, 4) is 5.75 Å². The summed E-state index contributed by atoms with van der Waals surface area (Å²) in [7, 11) is 0. The molecule has 1 aromatic carbocycles. The van der Waals surface area contributed by atoms with Crippen LogP contribution in [-0.4, -0.2) is 29.4 Å². The number of nitrogen functional groups attached to an aromatic ring is 1. The number of hydrogen-bond acceptors (Lipinski definition) is 6. The number of benzene rings is 1. The first kappa shape index (κ1) is 11.3. The number of ether oxygens (including phenoxy) is 1. The van der Waals surface area contributed by atoms with Crippen molar-refractivity contribution in [3.63, 3.8) is 0 Å². The van der Waals surface area contributed by atoms with E-state index in [9.17, 15) is 0 Å². The quantitative estimate of drug-likeness (QED) is 0.913. The van der Waals surface area contributed by atoms with Crippen molar-refractivity contribution in [1.82, 2.24) is 10.2 Å². The number of aromatic nitrogens is 2. The SMILES string of the molecule is Nc1nnc(N2CC[C@@H](Oc3ccccc3)C2)s1. The molecule has 18 heavy (non-hydrogen) atoms. The molecule has 2 N–H and O–H groups in total. The Hall–Kier alpha value is -1.82. The van der Waals surface area contributed by atoms with E-state index in [0.717, 1.165) is 30.4 Å². The van der Waals surface area contributed by atoms with Gasteiger partial charge < -0.3 is 15.4 Å². The van der Waals surface area contributed by atoms with Crippen molar-refractivity contribution >= 4 is 21.6 Å². The van der Waals surface area contributed by atoms with Crippen LogP contribution in [0.2, 0.25) is 0 Å². The van der Waals surface area contributed by atoms with Gasteiger partial charge in [0.15, 0.2) is 0 Å². The van der Waals surface area contributed by atoms with Crippen molar-refractivity contribution in [2.45, 2.75) is 12.5 Å². The van der Waals surface area contributed by atoms with Gasteiger partial charge in [-0.3, -0.25) is 0 Å². The van der Waals surface area contributed by atoms with Crippen molar-refractivity contribution in [3.05, 3.63) is 30.3 Å². The molecule has 0 radical (unpaired) electrons. The Bertz CT molecular complexity index is 516. The van der Waals surface area contributed by atoms with Crippen LogP contribution in [0.1, 0.15) is 6.42 Å². The Morgan fingerprint density at radius 1 is 1.28 bits per heavy atom. The van der Waals surface area contributed by atoms with Gasteiger partial charge in [-0.15, -0.1) is 10.2 Å². The van der Waals surface area contributed by atoms with Gasteiger partial charge in [-0.05, 0) is 12.1 Å². The standard InChI is InChI=1S/C12H14N4OS/c13-11-14-15-12(18-11)16-7-6-10(8-16)17-9-4-2-1-3-5-9/h1-5,10H,6-8H2,(H2,13,14)/t10-/m1/s1. The number of para-hydroxylation sites is 1. The fourth-order valence-corrected chi connectivity index (χ4v) is 2.69. The lowest BCUT2D eigenvalue weighted by molar-refractivity contribution is 0.225. The molecule has 0 bridgehead atoms. The molecule has 1 saturated heterocycles. The number of rotatable bonds is 3. The molecule has 94 valence electrons. The van der Waals surface area contributed by atoms with Crippen molar-refractivity contribution in [2.24, 2.45) is 0 Å². The minimum absolute atomic E-state index is 0.206. The highest BCUT2D eigenvalue weighted by atomic mass is 32.1. The van der Waals surface area contributed by atoms with Gasteiger partial charge in [-0.1, -0.05) is 29.5 Å². The van der Waals surface area contributed by atoms with Crippen molar-refractivity contribution in [1.29, 1.82) is 0 Å². The molecule has 5 nitrogen and oxygen atoms in total. The minimum atomic E-state index is 0.206. The number of anilines is 2. The van der Waals surface area contributed by atoms with Crippen LogP contribution >= 0.6 is 11.3 Å². The molecule has 3 rings (SSSR count). The molecule has 1 atom stereocenters. The second-order valence-corrected chi connectivity index (χ2v) is 5.20. The van der Waals surface area contributed by atoms with E-state index in [1.807, 2.05) is 30.3 Å². The zero-order valence-electron chi connectivity index (χ0n) is 9.82. The largest absolute Gasteiger partial charge is 0.489 e. The van der Waals surface area contributed by atoms with Gasteiger partial charge in [-0.2, -0.15) is 0 Å². The summed E-state index contributed by atoms with van der Waals surface area (Å²) in [6, 6.07) is 9.90. The first-order valence-electron chi connectivity index (χ1n) is 5.87. The maximum Gasteiger partial charge on any atom is 0.210 e. The smallest absolute Gasteiger partial charge is 0.210 e. The second kappa shape index (κ2) is 4.81. The molecule has 2 heterocycles. The molecular weight excluding hydrogens is 248 g/mol. The van der Waals surface area contributed by atoms with E-state index in [4.69, 9.17) is 10.5 Å². The van der Waals surface area contributed by atoms with Crippen molar-refractivity contribution in [2.75, 3.05) is 23.7 Å². The Kier molecular flexibility index (Phi) is 3.02. The zero-order valence-corrected chi connectivity index (χ0v) is 10.6. The highest BCUT2D eigenvalue weighted by molar-refractivity contribution is 7.18. The van der Waals surface area contributed by atoms with Crippen LogP contribution in [0.25, 0.3) is 0 Å². The van der Waals surface area contributed by atoms with Crippen LogP contribution in [0.5, 0.6) is 5.75 Å². The molecule has 0 spiro atoms. The molecule has 0 amide bonds. The van der Waals surface area contributed by atoms with Gasteiger partial charge in [0.25, 0.3) is 0 Å². The highest BCUT2D eigenvalue weighted by Gasteiger charge is 2.26. The first-order valence-corrected chi connectivity index (χ1v) is 6.68. The van der Waals surface area contributed by atoms with E-state index in [0.29, 0.717) is 5.13 Å². The van der Waals surface area contributed by atoms with E-state index < -0.39 is 0 Å². The monoisotopic (exact) mass is 262 g/mol. The zero-order chi connectivity index (χ0) is 12.4. The normalized spacial score (nSPS) is 19.1. The lowest BCUT2D eigenvalue weighted by atomic mass is 10.3. The third kappa shape index (κ3) is 2.38. The summed E-state index contributed by atoms with van der Waals surface area (Å²) in [5.41, 5.74) is 5.59. The molecule has 0 saturated carbocycles.